The van der Waals surface area contributed by atoms with Gasteiger partial charge in [-0.25, -0.2) is 4.79 Å². The third-order valence-corrected chi connectivity index (χ3v) is 4.37. The van der Waals surface area contributed by atoms with Crippen molar-refractivity contribution in [2.45, 2.75) is 12.3 Å². The Morgan fingerprint density at radius 2 is 1.88 bits per heavy atom. The van der Waals surface area contributed by atoms with Crippen molar-refractivity contribution in [2.24, 2.45) is 0 Å². The number of carbonyl (C=O) groups is 1. The number of carbonyl (C=O) groups excluding carboxylic acids is 1. The first-order valence-corrected chi connectivity index (χ1v) is 8.44. The molecule has 1 fully saturated rings. The first kappa shape index (κ1) is 20.5. The SMILES string of the molecule is CN1CCN(C[C@@H](O)CN(C)C(=O)Nc2ccccc2C(F)(F)F)CC1. The molecule has 0 bridgehead atoms. The Hall–Kier alpha value is -1.84. The summed E-state index contributed by atoms with van der Waals surface area (Å²) in [5, 5.41) is 12.4. The summed E-state index contributed by atoms with van der Waals surface area (Å²) in [7, 11) is 3.48. The minimum atomic E-state index is -4.55. The molecule has 0 aromatic heterocycles. The van der Waals surface area contributed by atoms with Crippen LogP contribution in [0.15, 0.2) is 24.3 Å². The summed E-state index contributed by atoms with van der Waals surface area (Å²) in [5.74, 6) is 0. The third kappa shape index (κ3) is 5.86. The highest BCUT2D eigenvalue weighted by Crippen LogP contribution is 2.34. The number of benzene rings is 1. The van der Waals surface area contributed by atoms with E-state index in [-0.39, 0.29) is 12.2 Å². The second-order valence-electron chi connectivity index (χ2n) is 6.61. The first-order valence-electron chi connectivity index (χ1n) is 8.44. The van der Waals surface area contributed by atoms with Crippen LogP contribution in [0.5, 0.6) is 0 Å². The predicted octanol–water partition coefficient (Wildman–Crippen LogP) is 1.78. The van der Waals surface area contributed by atoms with Gasteiger partial charge in [-0.1, -0.05) is 12.1 Å². The van der Waals surface area contributed by atoms with Crippen LogP contribution >= 0.6 is 0 Å². The zero-order chi connectivity index (χ0) is 19.3. The van der Waals surface area contributed by atoms with Gasteiger partial charge in [-0.3, -0.25) is 4.90 Å². The fraction of sp³-hybridized carbons (Fsp3) is 0.588. The number of nitrogens with zero attached hydrogens (tertiary/aromatic N) is 3. The molecule has 146 valence electrons. The predicted molar refractivity (Wildman–Crippen MR) is 93.0 cm³/mol. The van der Waals surface area contributed by atoms with E-state index in [9.17, 15) is 23.1 Å². The van der Waals surface area contributed by atoms with Crippen molar-refractivity contribution in [2.75, 3.05) is 58.7 Å². The fourth-order valence-corrected chi connectivity index (χ4v) is 2.84. The Labute approximate surface area is 151 Å². The van der Waals surface area contributed by atoms with Crippen molar-refractivity contribution in [3.63, 3.8) is 0 Å². The van der Waals surface area contributed by atoms with Crippen molar-refractivity contribution in [3.8, 4) is 0 Å². The number of halogens is 3. The number of hydrogen-bond acceptors (Lipinski definition) is 4. The highest BCUT2D eigenvalue weighted by molar-refractivity contribution is 5.90. The summed E-state index contributed by atoms with van der Waals surface area (Å²) in [6.07, 6.45) is -5.32. The largest absolute Gasteiger partial charge is 0.418 e. The molecule has 0 spiro atoms. The Morgan fingerprint density at radius 3 is 2.50 bits per heavy atom. The van der Waals surface area contributed by atoms with Crippen LogP contribution in [-0.2, 0) is 6.18 Å². The van der Waals surface area contributed by atoms with E-state index >= 15 is 0 Å². The van der Waals surface area contributed by atoms with Gasteiger partial charge in [0.25, 0.3) is 0 Å². The Balaban J connectivity index is 1.88. The quantitative estimate of drug-likeness (QED) is 0.825. The molecule has 26 heavy (non-hydrogen) atoms. The van der Waals surface area contributed by atoms with Crippen LogP contribution in [0.25, 0.3) is 0 Å². The van der Waals surface area contributed by atoms with Crippen molar-refractivity contribution in [1.29, 1.82) is 0 Å². The molecule has 1 atom stereocenters. The van der Waals surface area contributed by atoms with E-state index in [1.807, 2.05) is 7.05 Å². The molecule has 1 aromatic rings. The lowest BCUT2D eigenvalue weighted by Gasteiger charge is -2.34. The lowest BCUT2D eigenvalue weighted by Crippen LogP contribution is -2.49. The van der Waals surface area contributed by atoms with E-state index in [2.05, 4.69) is 15.1 Å². The highest BCUT2D eigenvalue weighted by Gasteiger charge is 2.33. The number of piperazine rings is 1. The van der Waals surface area contributed by atoms with E-state index in [1.54, 1.807) is 0 Å². The number of amides is 2. The Bertz CT molecular complexity index is 604. The van der Waals surface area contributed by atoms with Gasteiger partial charge < -0.3 is 20.2 Å². The smallest absolute Gasteiger partial charge is 0.390 e. The molecule has 2 amide bonds. The minimum absolute atomic E-state index is 0.0341. The molecule has 1 aliphatic heterocycles. The molecule has 0 saturated carbocycles. The molecule has 1 aliphatic rings. The number of hydrogen-bond donors (Lipinski definition) is 2. The zero-order valence-corrected chi connectivity index (χ0v) is 15.0. The molecular formula is C17H25F3N4O2. The summed E-state index contributed by atoms with van der Waals surface area (Å²) in [5.41, 5.74) is -1.20. The van der Waals surface area contributed by atoms with Gasteiger partial charge in [0.15, 0.2) is 0 Å². The molecule has 9 heteroatoms. The van der Waals surface area contributed by atoms with Crippen LogP contribution in [0.3, 0.4) is 0 Å². The van der Waals surface area contributed by atoms with Gasteiger partial charge >= 0.3 is 12.2 Å². The van der Waals surface area contributed by atoms with Gasteiger partial charge in [-0.05, 0) is 19.2 Å². The lowest BCUT2D eigenvalue weighted by molar-refractivity contribution is -0.136. The van der Waals surface area contributed by atoms with Crippen molar-refractivity contribution < 1.29 is 23.1 Å². The van der Waals surface area contributed by atoms with Gasteiger partial charge in [-0.2, -0.15) is 13.2 Å². The third-order valence-electron chi connectivity index (χ3n) is 4.37. The standard InChI is InChI=1S/C17H25F3N4O2/c1-22-7-9-24(10-8-22)12-13(25)11-23(2)16(26)21-15-6-4-3-5-14(15)17(18,19)20/h3-6,13,25H,7-12H2,1-2H3,(H,21,26)/t13-/m0/s1. The maximum atomic E-state index is 13.0. The summed E-state index contributed by atoms with van der Waals surface area (Å²) < 4.78 is 39.0. The molecule has 0 unspecified atom stereocenters. The topological polar surface area (TPSA) is 59.1 Å². The number of nitrogens with one attached hydrogen (secondary N) is 1. The Morgan fingerprint density at radius 1 is 1.27 bits per heavy atom. The number of β-amino-alcohol motifs (C(OH)–C–C–N with tert-alkyl or cyclic N) is 1. The van der Waals surface area contributed by atoms with E-state index < -0.39 is 23.9 Å². The molecule has 1 aromatic carbocycles. The maximum Gasteiger partial charge on any atom is 0.418 e. The number of aliphatic hydroxyl groups excluding tert-OH is 1. The minimum Gasteiger partial charge on any atom is -0.390 e. The number of rotatable bonds is 5. The van der Waals surface area contributed by atoms with Gasteiger partial charge in [0.2, 0.25) is 0 Å². The van der Waals surface area contributed by atoms with Crippen LogP contribution in [-0.4, -0.2) is 85.3 Å². The van der Waals surface area contributed by atoms with E-state index in [0.29, 0.717) is 6.54 Å². The van der Waals surface area contributed by atoms with Crippen LogP contribution in [0.2, 0.25) is 0 Å². The van der Waals surface area contributed by atoms with Gasteiger partial charge in [-0.15, -0.1) is 0 Å². The number of alkyl halides is 3. The number of para-hydroxylation sites is 1. The second-order valence-corrected chi connectivity index (χ2v) is 6.61. The molecular weight excluding hydrogens is 349 g/mol. The molecule has 1 saturated heterocycles. The number of anilines is 1. The average molecular weight is 374 g/mol. The summed E-state index contributed by atoms with van der Waals surface area (Å²) in [6, 6.07) is 4.11. The first-order chi connectivity index (χ1) is 12.2. The van der Waals surface area contributed by atoms with Gasteiger partial charge in [0.1, 0.15) is 0 Å². The second kappa shape index (κ2) is 8.70. The highest BCUT2D eigenvalue weighted by atomic mass is 19.4. The molecule has 6 nitrogen and oxygen atoms in total. The van der Waals surface area contributed by atoms with Crippen LogP contribution in [0.1, 0.15) is 5.56 Å². The van der Waals surface area contributed by atoms with Crippen molar-refractivity contribution in [3.05, 3.63) is 29.8 Å². The molecule has 1 heterocycles. The van der Waals surface area contributed by atoms with Crippen molar-refractivity contribution >= 4 is 11.7 Å². The monoisotopic (exact) mass is 374 g/mol. The fourth-order valence-electron chi connectivity index (χ4n) is 2.84. The van der Waals surface area contributed by atoms with Crippen LogP contribution < -0.4 is 5.32 Å². The van der Waals surface area contributed by atoms with Gasteiger partial charge in [0, 0.05) is 46.3 Å². The van der Waals surface area contributed by atoms with E-state index in [0.717, 1.165) is 32.2 Å². The number of urea groups is 1. The van der Waals surface area contributed by atoms with Crippen LogP contribution in [0, 0.1) is 0 Å². The van der Waals surface area contributed by atoms with Gasteiger partial charge in [0.05, 0.1) is 17.4 Å². The Kier molecular flexibility index (Phi) is 6.85. The van der Waals surface area contributed by atoms with E-state index in [4.69, 9.17) is 0 Å². The zero-order valence-electron chi connectivity index (χ0n) is 15.0. The summed E-state index contributed by atoms with van der Waals surface area (Å²) >= 11 is 0. The summed E-state index contributed by atoms with van der Waals surface area (Å²) in [6.45, 7) is 3.95. The lowest BCUT2D eigenvalue weighted by atomic mass is 10.1. The normalized spacial score (nSPS) is 17.8. The average Bonchev–Trinajstić information content (AvgIpc) is 2.56. The molecule has 2 N–H and O–H groups in total. The van der Waals surface area contributed by atoms with E-state index in [1.165, 1.54) is 30.1 Å². The number of aliphatic hydroxyl groups is 1. The maximum absolute atomic E-state index is 13.0. The molecule has 0 aliphatic carbocycles. The number of likely N-dealkylation sites (N-methyl/N-ethyl adjacent to an activating group) is 2. The van der Waals surface area contributed by atoms with Crippen molar-refractivity contribution in [1.82, 2.24) is 14.7 Å². The molecule has 2 rings (SSSR count). The summed E-state index contributed by atoms with van der Waals surface area (Å²) in [4.78, 5) is 17.7. The van der Waals surface area contributed by atoms with Crippen LogP contribution in [0.4, 0.5) is 23.7 Å². The molecule has 0 radical (unpaired) electrons.